The molecule has 2 aromatic heterocycles. The smallest absolute Gasteiger partial charge is 0.182 e. The molecule has 1 aromatic carbocycles. The average Bonchev–Trinajstić information content (AvgIpc) is 2.98. The SMILES string of the molecule is CCOc1ccc(Nc2ncnc3nc[nH]c23)cc1CN. The van der Waals surface area contributed by atoms with Crippen LogP contribution < -0.4 is 15.8 Å². The zero-order valence-electron chi connectivity index (χ0n) is 11.6. The minimum atomic E-state index is 0.411. The van der Waals surface area contributed by atoms with Crippen LogP contribution in [0.2, 0.25) is 0 Å². The van der Waals surface area contributed by atoms with Crippen LogP contribution in [0.5, 0.6) is 5.75 Å². The molecule has 7 heteroatoms. The fourth-order valence-electron chi connectivity index (χ4n) is 2.11. The molecule has 0 saturated carbocycles. The lowest BCUT2D eigenvalue weighted by Gasteiger charge is -2.12. The maximum absolute atomic E-state index is 5.77. The Bertz CT molecular complexity index is 754. The highest BCUT2D eigenvalue weighted by Crippen LogP contribution is 2.26. The standard InChI is InChI=1S/C14H16N6O/c1-2-21-11-4-3-10(5-9(11)6-15)20-14-12-13(17-7-16-12)18-8-19-14/h3-5,7-8H,2,6,15H2,1H3,(H2,16,17,18,19,20). The van der Waals surface area contributed by atoms with Gasteiger partial charge in [0.2, 0.25) is 0 Å². The molecule has 0 fully saturated rings. The fourth-order valence-corrected chi connectivity index (χ4v) is 2.11. The lowest BCUT2D eigenvalue weighted by molar-refractivity contribution is 0.336. The summed E-state index contributed by atoms with van der Waals surface area (Å²) in [6.45, 7) is 2.97. The van der Waals surface area contributed by atoms with Crippen LogP contribution in [-0.4, -0.2) is 26.5 Å². The van der Waals surface area contributed by atoms with E-state index in [2.05, 4.69) is 25.3 Å². The van der Waals surface area contributed by atoms with Crippen molar-refractivity contribution in [2.75, 3.05) is 11.9 Å². The van der Waals surface area contributed by atoms with Crippen LogP contribution in [-0.2, 0) is 6.54 Å². The van der Waals surface area contributed by atoms with Crippen molar-refractivity contribution < 1.29 is 4.74 Å². The van der Waals surface area contributed by atoms with Crippen molar-refractivity contribution in [2.45, 2.75) is 13.5 Å². The summed E-state index contributed by atoms with van der Waals surface area (Å²) in [5.41, 5.74) is 8.98. The number of imidazole rings is 1. The zero-order valence-corrected chi connectivity index (χ0v) is 11.6. The minimum absolute atomic E-state index is 0.411. The van der Waals surface area contributed by atoms with E-state index >= 15 is 0 Å². The largest absolute Gasteiger partial charge is 0.494 e. The number of ether oxygens (including phenoxy) is 1. The molecule has 3 aromatic rings. The molecule has 0 radical (unpaired) electrons. The van der Waals surface area contributed by atoms with Crippen LogP contribution in [0.25, 0.3) is 11.2 Å². The molecule has 0 aliphatic carbocycles. The molecule has 0 bridgehead atoms. The van der Waals surface area contributed by atoms with Gasteiger partial charge in [0.05, 0.1) is 12.9 Å². The van der Waals surface area contributed by atoms with E-state index in [9.17, 15) is 0 Å². The van der Waals surface area contributed by atoms with Gasteiger partial charge < -0.3 is 20.8 Å². The quantitative estimate of drug-likeness (QED) is 0.662. The predicted octanol–water partition coefficient (Wildman–Crippen LogP) is 1.95. The topological polar surface area (TPSA) is 102 Å². The highest BCUT2D eigenvalue weighted by atomic mass is 16.5. The maximum Gasteiger partial charge on any atom is 0.182 e. The Labute approximate surface area is 121 Å². The van der Waals surface area contributed by atoms with Crippen LogP contribution in [0.1, 0.15) is 12.5 Å². The number of hydrogen-bond donors (Lipinski definition) is 3. The van der Waals surface area contributed by atoms with Gasteiger partial charge >= 0.3 is 0 Å². The van der Waals surface area contributed by atoms with E-state index in [1.165, 1.54) is 6.33 Å². The molecule has 0 aliphatic rings. The predicted molar refractivity (Wildman–Crippen MR) is 80.5 cm³/mol. The number of hydrogen-bond acceptors (Lipinski definition) is 6. The second-order valence-corrected chi connectivity index (χ2v) is 4.41. The van der Waals surface area contributed by atoms with Gasteiger partial charge in [-0.15, -0.1) is 0 Å². The Morgan fingerprint density at radius 3 is 3.00 bits per heavy atom. The summed E-state index contributed by atoms with van der Waals surface area (Å²) in [7, 11) is 0. The van der Waals surface area contributed by atoms with Crippen molar-refractivity contribution in [3.63, 3.8) is 0 Å². The molecular formula is C14H16N6O. The van der Waals surface area contributed by atoms with Crippen molar-refractivity contribution in [1.82, 2.24) is 19.9 Å². The van der Waals surface area contributed by atoms with Gasteiger partial charge in [0.15, 0.2) is 11.5 Å². The first-order chi connectivity index (χ1) is 10.3. The highest BCUT2D eigenvalue weighted by Gasteiger charge is 2.08. The van der Waals surface area contributed by atoms with E-state index in [1.807, 2.05) is 25.1 Å². The molecule has 3 rings (SSSR count). The molecular weight excluding hydrogens is 268 g/mol. The van der Waals surface area contributed by atoms with Gasteiger partial charge in [0, 0.05) is 17.8 Å². The van der Waals surface area contributed by atoms with E-state index < -0.39 is 0 Å². The molecule has 21 heavy (non-hydrogen) atoms. The number of nitrogens with one attached hydrogen (secondary N) is 2. The number of nitrogens with zero attached hydrogens (tertiary/aromatic N) is 3. The Balaban J connectivity index is 1.92. The van der Waals surface area contributed by atoms with Gasteiger partial charge in [-0.2, -0.15) is 0 Å². The fraction of sp³-hybridized carbons (Fsp3) is 0.214. The van der Waals surface area contributed by atoms with Crippen LogP contribution in [0.4, 0.5) is 11.5 Å². The van der Waals surface area contributed by atoms with Crippen LogP contribution >= 0.6 is 0 Å². The summed E-state index contributed by atoms with van der Waals surface area (Å²) in [4.78, 5) is 15.4. The van der Waals surface area contributed by atoms with Gasteiger partial charge in [-0.1, -0.05) is 0 Å². The third kappa shape index (κ3) is 2.63. The molecule has 4 N–H and O–H groups in total. The lowest BCUT2D eigenvalue weighted by atomic mass is 10.1. The number of aromatic nitrogens is 4. The third-order valence-electron chi connectivity index (χ3n) is 3.07. The Kier molecular flexibility index (Phi) is 3.65. The monoisotopic (exact) mass is 284 g/mol. The summed E-state index contributed by atoms with van der Waals surface area (Å²) in [6.07, 6.45) is 3.07. The first-order valence-electron chi connectivity index (χ1n) is 6.68. The van der Waals surface area contributed by atoms with Crippen molar-refractivity contribution in [3.05, 3.63) is 36.4 Å². The summed E-state index contributed by atoms with van der Waals surface area (Å²) < 4.78 is 5.54. The molecule has 0 amide bonds. The number of benzene rings is 1. The van der Waals surface area contributed by atoms with Crippen molar-refractivity contribution in [2.24, 2.45) is 5.73 Å². The van der Waals surface area contributed by atoms with Crippen molar-refractivity contribution in [3.8, 4) is 5.75 Å². The van der Waals surface area contributed by atoms with Crippen LogP contribution in [0.3, 0.4) is 0 Å². The molecule has 2 heterocycles. The lowest BCUT2D eigenvalue weighted by Crippen LogP contribution is -2.03. The minimum Gasteiger partial charge on any atom is -0.494 e. The van der Waals surface area contributed by atoms with E-state index in [0.717, 1.165) is 22.5 Å². The van der Waals surface area contributed by atoms with Gasteiger partial charge in [0.1, 0.15) is 17.6 Å². The van der Waals surface area contributed by atoms with E-state index in [4.69, 9.17) is 10.5 Å². The molecule has 0 atom stereocenters. The first-order valence-corrected chi connectivity index (χ1v) is 6.68. The van der Waals surface area contributed by atoms with Crippen LogP contribution in [0, 0.1) is 0 Å². The Morgan fingerprint density at radius 2 is 2.19 bits per heavy atom. The van der Waals surface area contributed by atoms with Crippen molar-refractivity contribution >= 4 is 22.7 Å². The number of rotatable bonds is 5. The van der Waals surface area contributed by atoms with Crippen LogP contribution in [0.15, 0.2) is 30.9 Å². The summed E-state index contributed by atoms with van der Waals surface area (Å²) in [5.74, 6) is 1.48. The number of nitrogens with two attached hydrogens (primary N) is 1. The number of aromatic amines is 1. The summed E-state index contributed by atoms with van der Waals surface area (Å²) in [5, 5.41) is 3.24. The van der Waals surface area contributed by atoms with Crippen molar-refractivity contribution in [1.29, 1.82) is 0 Å². The summed E-state index contributed by atoms with van der Waals surface area (Å²) >= 11 is 0. The van der Waals surface area contributed by atoms with E-state index in [1.54, 1.807) is 6.33 Å². The third-order valence-corrected chi connectivity index (χ3v) is 3.07. The molecule has 0 unspecified atom stereocenters. The zero-order chi connectivity index (χ0) is 14.7. The average molecular weight is 284 g/mol. The number of H-pyrrole nitrogens is 1. The van der Waals surface area contributed by atoms with E-state index in [-0.39, 0.29) is 0 Å². The van der Waals surface area contributed by atoms with E-state index in [0.29, 0.717) is 24.6 Å². The Morgan fingerprint density at radius 1 is 1.29 bits per heavy atom. The molecule has 0 spiro atoms. The van der Waals surface area contributed by atoms with Gasteiger partial charge in [0.25, 0.3) is 0 Å². The van der Waals surface area contributed by atoms with Gasteiger partial charge in [-0.25, -0.2) is 15.0 Å². The highest BCUT2D eigenvalue weighted by molar-refractivity contribution is 5.84. The normalized spacial score (nSPS) is 10.8. The second kappa shape index (κ2) is 5.76. The number of anilines is 2. The maximum atomic E-state index is 5.77. The Hall–Kier alpha value is -2.67. The van der Waals surface area contributed by atoms with Gasteiger partial charge in [-0.05, 0) is 25.1 Å². The second-order valence-electron chi connectivity index (χ2n) is 4.41. The molecule has 108 valence electrons. The molecule has 7 nitrogen and oxygen atoms in total. The van der Waals surface area contributed by atoms with Gasteiger partial charge in [-0.3, -0.25) is 0 Å². The number of fused-ring (bicyclic) bond motifs is 1. The summed E-state index contributed by atoms with van der Waals surface area (Å²) in [6, 6.07) is 5.78. The molecule has 0 aliphatic heterocycles. The molecule has 0 saturated heterocycles. The first kappa shape index (κ1) is 13.3.